The van der Waals surface area contributed by atoms with Crippen molar-refractivity contribution in [3.05, 3.63) is 82.9 Å². The third kappa shape index (κ3) is 4.36. The number of alkyl halides is 3. The molecule has 9 heteroatoms. The maximum absolute atomic E-state index is 12.8. The summed E-state index contributed by atoms with van der Waals surface area (Å²) in [6, 6.07) is 10.9. The third-order valence-electron chi connectivity index (χ3n) is 5.12. The molecular weight excluding hydrogens is 433 g/mol. The molecule has 0 spiro atoms. The Hall–Kier alpha value is -3.07. The lowest BCUT2D eigenvalue weighted by Crippen LogP contribution is -2.28. The van der Waals surface area contributed by atoms with Crippen molar-refractivity contribution in [1.29, 1.82) is 0 Å². The number of hydrogen-bond acceptors (Lipinski definition) is 4. The van der Waals surface area contributed by atoms with E-state index in [1.807, 2.05) is 13.8 Å². The molecule has 0 saturated heterocycles. The molecule has 31 heavy (non-hydrogen) atoms. The minimum atomic E-state index is -5.82. The summed E-state index contributed by atoms with van der Waals surface area (Å²) in [5, 5.41) is 9.02. The number of fused-ring (bicyclic) bond motifs is 1. The zero-order valence-electron chi connectivity index (χ0n) is 16.7. The van der Waals surface area contributed by atoms with Crippen LogP contribution < -0.4 is 0 Å². The van der Waals surface area contributed by atoms with E-state index < -0.39 is 27.0 Å². The van der Waals surface area contributed by atoms with Gasteiger partial charge in [0.05, 0.1) is 5.56 Å². The number of allylic oxidation sites excluding steroid dienone is 1. The van der Waals surface area contributed by atoms with Crippen LogP contribution in [0.15, 0.2) is 55.1 Å². The van der Waals surface area contributed by atoms with Gasteiger partial charge in [-0.05, 0) is 58.4 Å². The van der Waals surface area contributed by atoms with E-state index in [1.165, 1.54) is 24.3 Å². The normalized spacial score (nSPS) is 15.6. The van der Waals surface area contributed by atoms with Gasteiger partial charge in [-0.3, -0.25) is 0 Å². The molecule has 2 aromatic rings. The molecule has 5 nitrogen and oxygen atoms in total. The Labute approximate surface area is 177 Å². The van der Waals surface area contributed by atoms with E-state index in [4.69, 9.17) is 5.11 Å². The van der Waals surface area contributed by atoms with E-state index in [1.54, 1.807) is 24.3 Å². The van der Waals surface area contributed by atoms with Gasteiger partial charge < -0.3 is 9.29 Å². The fourth-order valence-corrected chi connectivity index (χ4v) is 3.81. The van der Waals surface area contributed by atoms with E-state index in [9.17, 15) is 26.4 Å². The first kappa shape index (κ1) is 22.6. The number of halogens is 3. The number of aromatic carboxylic acids is 1. The van der Waals surface area contributed by atoms with Crippen LogP contribution in [0.2, 0.25) is 0 Å². The number of carbonyl (C=O) groups is 1. The maximum atomic E-state index is 12.8. The highest BCUT2D eigenvalue weighted by Crippen LogP contribution is 2.42. The second-order valence-corrected chi connectivity index (χ2v) is 9.30. The first-order chi connectivity index (χ1) is 14.2. The maximum Gasteiger partial charge on any atom is 0.534 e. The van der Waals surface area contributed by atoms with Crippen molar-refractivity contribution < 1.29 is 35.7 Å². The molecular formula is C22H19F3O5S. The summed E-state index contributed by atoms with van der Waals surface area (Å²) in [6.07, 6.45) is 1.62. The summed E-state index contributed by atoms with van der Waals surface area (Å²) in [7, 11) is -5.82. The summed E-state index contributed by atoms with van der Waals surface area (Å²) in [4.78, 5) is 11.0. The molecule has 1 aliphatic rings. The van der Waals surface area contributed by atoms with Crippen LogP contribution in [0.5, 0.6) is 0 Å². The standard InChI is InChI=1S/C22H19F3O5S/c1-13(14-4-6-15(7-5-14)20(26)27)16-8-9-18-17(12-16)19(10-11-21(18,2)3)30-31(28,29)22(23,24)25/h4-10,12H,1,11H2,2-3H3,(H,26,27). The van der Waals surface area contributed by atoms with Crippen molar-refractivity contribution in [3.8, 4) is 0 Å². The Balaban J connectivity index is 2.04. The lowest BCUT2D eigenvalue weighted by molar-refractivity contribution is -0.0509. The number of carboxylic acids is 1. The highest BCUT2D eigenvalue weighted by atomic mass is 32.2. The predicted molar refractivity (Wildman–Crippen MR) is 110 cm³/mol. The SMILES string of the molecule is C=C(c1ccc(C(=O)O)cc1)c1ccc2c(c1)C(OS(=O)(=O)C(F)(F)F)=CCC2(C)C. The second kappa shape index (κ2) is 7.56. The van der Waals surface area contributed by atoms with Gasteiger partial charge in [-0.1, -0.05) is 44.7 Å². The topological polar surface area (TPSA) is 80.7 Å². The smallest absolute Gasteiger partial charge is 0.478 e. The molecule has 0 fully saturated rings. The monoisotopic (exact) mass is 452 g/mol. The van der Waals surface area contributed by atoms with Gasteiger partial charge in [0.2, 0.25) is 0 Å². The fraction of sp³-hybridized carbons (Fsp3) is 0.227. The highest BCUT2D eigenvalue weighted by Gasteiger charge is 2.49. The van der Waals surface area contributed by atoms with Gasteiger partial charge >= 0.3 is 21.6 Å². The van der Waals surface area contributed by atoms with Gasteiger partial charge in [0, 0.05) is 5.56 Å². The average molecular weight is 452 g/mol. The first-order valence-corrected chi connectivity index (χ1v) is 10.5. The van der Waals surface area contributed by atoms with E-state index in [2.05, 4.69) is 10.8 Å². The van der Waals surface area contributed by atoms with Crippen molar-refractivity contribution in [2.24, 2.45) is 0 Å². The Bertz CT molecular complexity index is 1190. The van der Waals surface area contributed by atoms with E-state index in [0.717, 1.165) is 0 Å². The molecule has 0 unspecified atom stereocenters. The van der Waals surface area contributed by atoms with Crippen molar-refractivity contribution >= 4 is 27.4 Å². The van der Waals surface area contributed by atoms with Crippen molar-refractivity contribution in [2.75, 3.05) is 0 Å². The number of carboxylic acid groups (broad SMARTS) is 1. The van der Waals surface area contributed by atoms with Crippen LogP contribution in [0, 0.1) is 0 Å². The summed E-state index contributed by atoms with van der Waals surface area (Å²) in [5.74, 6) is -1.46. The van der Waals surface area contributed by atoms with Crippen LogP contribution >= 0.6 is 0 Å². The van der Waals surface area contributed by atoms with Crippen LogP contribution in [-0.2, 0) is 19.7 Å². The molecule has 0 radical (unpaired) electrons. The lowest BCUT2D eigenvalue weighted by atomic mass is 9.74. The summed E-state index contributed by atoms with van der Waals surface area (Å²) < 4.78 is 66.1. The van der Waals surface area contributed by atoms with E-state index in [0.29, 0.717) is 28.7 Å². The minimum absolute atomic E-state index is 0.0970. The molecule has 2 aromatic carbocycles. The van der Waals surface area contributed by atoms with Crippen molar-refractivity contribution in [2.45, 2.75) is 31.2 Å². The van der Waals surface area contributed by atoms with Crippen LogP contribution in [0.3, 0.4) is 0 Å². The minimum Gasteiger partial charge on any atom is -0.478 e. The lowest BCUT2D eigenvalue weighted by Gasteiger charge is -2.32. The molecule has 0 aliphatic heterocycles. The summed E-state index contributed by atoms with van der Waals surface area (Å²) in [6.45, 7) is 7.76. The van der Waals surface area contributed by atoms with Crippen LogP contribution in [0.1, 0.15) is 52.9 Å². The summed E-state index contributed by atoms with van der Waals surface area (Å²) in [5.41, 5.74) is -3.42. The molecule has 0 amide bonds. The Morgan fingerprint density at radius 1 is 1.06 bits per heavy atom. The molecule has 0 aromatic heterocycles. The largest absolute Gasteiger partial charge is 0.534 e. The molecule has 1 N–H and O–H groups in total. The predicted octanol–water partition coefficient (Wildman–Crippen LogP) is 5.33. The summed E-state index contributed by atoms with van der Waals surface area (Å²) >= 11 is 0. The van der Waals surface area contributed by atoms with Gasteiger partial charge in [-0.15, -0.1) is 0 Å². The number of hydrogen-bond donors (Lipinski definition) is 1. The highest BCUT2D eigenvalue weighted by molar-refractivity contribution is 7.87. The molecule has 0 atom stereocenters. The molecule has 0 bridgehead atoms. The molecule has 1 aliphatic carbocycles. The van der Waals surface area contributed by atoms with Crippen molar-refractivity contribution in [1.82, 2.24) is 0 Å². The number of benzene rings is 2. The van der Waals surface area contributed by atoms with E-state index >= 15 is 0 Å². The zero-order valence-corrected chi connectivity index (χ0v) is 17.5. The molecule has 0 saturated carbocycles. The third-order valence-corrected chi connectivity index (χ3v) is 6.09. The van der Waals surface area contributed by atoms with Crippen LogP contribution in [0.25, 0.3) is 11.3 Å². The van der Waals surface area contributed by atoms with Gasteiger partial charge in [0.1, 0.15) is 5.76 Å². The Morgan fingerprint density at radius 3 is 2.16 bits per heavy atom. The van der Waals surface area contributed by atoms with E-state index in [-0.39, 0.29) is 16.9 Å². The average Bonchev–Trinajstić information content (AvgIpc) is 2.68. The van der Waals surface area contributed by atoms with Crippen LogP contribution in [-0.4, -0.2) is 25.0 Å². The molecule has 0 heterocycles. The van der Waals surface area contributed by atoms with Gasteiger partial charge in [-0.25, -0.2) is 4.79 Å². The van der Waals surface area contributed by atoms with Crippen LogP contribution in [0.4, 0.5) is 13.2 Å². The fourth-order valence-electron chi connectivity index (χ4n) is 3.32. The number of rotatable bonds is 5. The van der Waals surface area contributed by atoms with Crippen molar-refractivity contribution in [3.63, 3.8) is 0 Å². The quantitative estimate of drug-likeness (QED) is 0.490. The second-order valence-electron chi connectivity index (χ2n) is 7.76. The zero-order chi connectivity index (χ0) is 23.2. The van der Waals surface area contributed by atoms with Gasteiger partial charge in [0.25, 0.3) is 0 Å². The Kier molecular flexibility index (Phi) is 5.52. The van der Waals surface area contributed by atoms with Gasteiger partial charge in [0.15, 0.2) is 0 Å². The molecule has 164 valence electrons. The first-order valence-electron chi connectivity index (χ1n) is 9.12. The Morgan fingerprint density at radius 2 is 1.61 bits per heavy atom. The molecule has 3 rings (SSSR count). The van der Waals surface area contributed by atoms with Gasteiger partial charge in [-0.2, -0.15) is 21.6 Å².